The van der Waals surface area contributed by atoms with Crippen LogP contribution in [0.15, 0.2) is 24.3 Å². The summed E-state index contributed by atoms with van der Waals surface area (Å²) in [6.07, 6.45) is 1.93. The van der Waals surface area contributed by atoms with Gasteiger partial charge >= 0.3 is 5.97 Å². The third-order valence-corrected chi connectivity index (χ3v) is 5.63. The lowest BCUT2D eigenvalue weighted by molar-refractivity contribution is -0.142. The molecule has 1 aromatic rings. The number of benzene rings is 1. The first-order valence-corrected chi connectivity index (χ1v) is 13.7. The summed E-state index contributed by atoms with van der Waals surface area (Å²) in [7, 11) is 0. The highest BCUT2D eigenvalue weighted by atomic mass is 35.5. The minimum atomic E-state index is -1.20. The quantitative estimate of drug-likeness (QED) is 0.0911. The van der Waals surface area contributed by atoms with Crippen LogP contribution in [0.1, 0.15) is 31.2 Å². The lowest BCUT2D eigenvalue weighted by atomic mass is 10.1. The average molecular weight is 602 g/mol. The molecule has 0 aliphatic heterocycles. The van der Waals surface area contributed by atoms with E-state index in [1.807, 2.05) is 12.1 Å². The van der Waals surface area contributed by atoms with Gasteiger partial charge in [0.15, 0.2) is 0 Å². The highest BCUT2D eigenvalue weighted by Crippen LogP contribution is 2.11. The molecule has 3 amide bonds. The normalized spacial score (nSPS) is 11.4. The van der Waals surface area contributed by atoms with Crippen molar-refractivity contribution in [3.05, 3.63) is 34.9 Å². The number of carboxylic acid groups (broad SMARTS) is 1. The summed E-state index contributed by atoms with van der Waals surface area (Å²) in [4.78, 5) is 57.4. The molecule has 13 nitrogen and oxygen atoms in total. The van der Waals surface area contributed by atoms with E-state index in [1.54, 1.807) is 12.1 Å². The number of aldehydes is 1. The number of aliphatic carboxylic acids is 1. The van der Waals surface area contributed by atoms with Crippen molar-refractivity contribution in [2.45, 2.75) is 38.1 Å². The molecule has 41 heavy (non-hydrogen) atoms. The van der Waals surface area contributed by atoms with Crippen LogP contribution in [-0.2, 0) is 49.3 Å². The van der Waals surface area contributed by atoms with E-state index in [9.17, 15) is 29.1 Å². The fourth-order valence-corrected chi connectivity index (χ4v) is 3.43. The Bertz CT molecular complexity index is 917. The minimum absolute atomic E-state index is 0.0289. The zero-order valence-electron chi connectivity index (χ0n) is 23.1. The lowest BCUT2D eigenvalue weighted by Crippen LogP contribution is -2.41. The molecule has 4 N–H and O–H groups in total. The molecular weight excluding hydrogens is 562 g/mol. The summed E-state index contributed by atoms with van der Waals surface area (Å²) in [6.45, 7) is 1.98. The standard InChI is InChI=1S/C27H40ClN3O10/c28-22-6-4-21(5-7-22)2-1-3-25(34)31-23(27(36)37)8-9-24(33)29-10-13-39-18-19-41-20-26(35)30-11-14-38-16-17-40-15-12-32/h4-7,12,23H,1-3,8-11,13-20H2,(H,29,33)(H,30,35)(H,31,34)(H,36,37)/t23-/m0/s1. The molecule has 0 saturated carbocycles. The lowest BCUT2D eigenvalue weighted by Gasteiger charge is -2.14. The molecule has 0 aliphatic carbocycles. The van der Waals surface area contributed by atoms with Crippen molar-refractivity contribution < 1.29 is 48.0 Å². The van der Waals surface area contributed by atoms with Crippen molar-refractivity contribution in [3.63, 3.8) is 0 Å². The van der Waals surface area contributed by atoms with Crippen molar-refractivity contribution >= 4 is 41.6 Å². The predicted molar refractivity (Wildman–Crippen MR) is 149 cm³/mol. The van der Waals surface area contributed by atoms with E-state index in [0.29, 0.717) is 50.5 Å². The van der Waals surface area contributed by atoms with Gasteiger partial charge < -0.3 is 44.8 Å². The number of hydrogen-bond donors (Lipinski definition) is 4. The molecule has 1 aromatic carbocycles. The number of nitrogens with one attached hydrogen (secondary N) is 3. The number of carbonyl (C=O) groups excluding carboxylic acids is 4. The molecule has 0 spiro atoms. The van der Waals surface area contributed by atoms with Gasteiger partial charge in [-0.15, -0.1) is 0 Å². The van der Waals surface area contributed by atoms with Gasteiger partial charge in [-0.25, -0.2) is 4.79 Å². The van der Waals surface area contributed by atoms with Crippen molar-refractivity contribution in [1.82, 2.24) is 16.0 Å². The van der Waals surface area contributed by atoms with Crippen LogP contribution in [0.25, 0.3) is 0 Å². The third-order valence-electron chi connectivity index (χ3n) is 5.38. The Morgan fingerprint density at radius 2 is 1.41 bits per heavy atom. The van der Waals surface area contributed by atoms with E-state index in [4.69, 9.17) is 30.5 Å². The summed E-state index contributed by atoms with van der Waals surface area (Å²) in [5.41, 5.74) is 1.03. The monoisotopic (exact) mass is 601 g/mol. The van der Waals surface area contributed by atoms with Crippen LogP contribution >= 0.6 is 11.6 Å². The Kier molecular flexibility index (Phi) is 20.7. The molecule has 230 valence electrons. The number of carbonyl (C=O) groups is 5. The number of aryl methyl sites for hydroxylation is 1. The maximum absolute atomic E-state index is 12.1. The molecule has 0 saturated heterocycles. The molecule has 1 rings (SSSR count). The number of rotatable bonds is 25. The van der Waals surface area contributed by atoms with Crippen LogP contribution in [0.4, 0.5) is 0 Å². The molecule has 0 aliphatic rings. The topological polar surface area (TPSA) is 179 Å². The van der Waals surface area contributed by atoms with Crippen molar-refractivity contribution in [2.75, 3.05) is 65.9 Å². The largest absolute Gasteiger partial charge is 0.480 e. The van der Waals surface area contributed by atoms with Gasteiger partial charge in [-0.1, -0.05) is 23.7 Å². The highest BCUT2D eigenvalue weighted by molar-refractivity contribution is 6.30. The molecular formula is C27H40ClN3O10. The van der Waals surface area contributed by atoms with Gasteiger partial charge in [0, 0.05) is 31.0 Å². The second-order valence-corrected chi connectivity index (χ2v) is 9.13. The van der Waals surface area contributed by atoms with Crippen molar-refractivity contribution in [1.29, 1.82) is 0 Å². The summed E-state index contributed by atoms with van der Waals surface area (Å²) in [6, 6.07) is 6.13. The van der Waals surface area contributed by atoms with Gasteiger partial charge in [-0.2, -0.15) is 0 Å². The third kappa shape index (κ3) is 20.4. The maximum atomic E-state index is 12.1. The Balaban J connectivity index is 2.02. The Morgan fingerprint density at radius 1 is 0.805 bits per heavy atom. The van der Waals surface area contributed by atoms with Gasteiger partial charge in [-0.05, 0) is 37.0 Å². The SMILES string of the molecule is O=CCOCCOCCNC(=O)COCCOCCNC(=O)CC[C@H](NC(=O)CCCc1ccc(Cl)cc1)C(=O)O. The Labute approximate surface area is 244 Å². The zero-order chi connectivity index (χ0) is 30.1. The molecule has 0 heterocycles. The number of amides is 3. The van der Waals surface area contributed by atoms with E-state index in [-0.39, 0.29) is 76.6 Å². The molecule has 0 fully saturated rings. The Hall–Kier alpha value is -3.10. The average Bonchev–Trinajstić information content (AvgIpc) is 2.94. The van der Waals surface area contributed by atoms with E-state index < -0.39 is 12.0 Å². The first-order chi connectivity index (χ1) is 19.8. The van der Waals surface area contributed by atoms with Crippen LogP contribution < -0.4 is 16.0 Å². The minimum Gasteiger partial charge on any atom is -0.480 e. The van der Waals surface area contributed by atoms with Gasteiger partial charge in [0.2, 0.25) is 17.7 Å². The molecule has 1 atom stereocenters. The van der Waals surface area contributed by atoms with Gasteiger partial charge in [0.1, 0.15) is 25.5 Å². The fourth-order valence-electron chi connectivity index (χ4n) is 3.30. The number of carboxylic acids is 1. The van der Waals surface area contributed by atoms with Crippen LogP contribution in [0.3, 0.4) is 0 Å². The summed E-state index contributed by atoms with van der Waals surface area (Å²) in [5, 5.41) is 17.7. The van der Waals surface area contributed by atoms with Crippen LogP contribution in [-0.4, -0.2) is 107 Å². The number of halogens is 1. The number of ether oxygens (including phenoxy) is 4. The molecule has 0 radical (unpaired) electrons. The van der Waals surface area contributed by atoms with E-state index in [0.717, 1.165) is 5.56 Å². The van der Waals surface area contributed by atoms with Gasteiger partial charge in [0.05, 0.1) is 39.6 Å². The van der Waals surface area contributed by atoms with E-state index in [1.165, 1.54) is 0 Å². The fraction of sp³-hybridized carbons (Fsp3) is 0.593. The second kappa shape index (κ2) is 23.6. The van der Waals surface area contributed by atoms with Crippen LogP contribution in [0, 0.1) is 0 Å². The number of hydrogen-bond acceptors (Lipinski definition) is 9. The summed E-state index contributed by atoms with van der Waals surface area (Å²) < 4.78 is 20.7. The van der Waals surface area contributed by atoms with Crippen LogP contribution in [0.2, 0.25) is 5.02 Å². The van der Waals surface area contributed by atoms with Gasteiger partial charge in [-0.3, -0.25) is 14.4 Å². The van der Waals surface area contributed by atoms with E-state index in [2.05, 4.69) is 16.0 Å². The molecule has 14 heteroatoms. The molecule has 0 bridgehead atoms. The smallest absolute Gasteiger partial charge is 0.326 e. The molecule has 0 aromatic heterocycles. The zero-order valence-corrected chi connectivity index (χ0v) is 23.8. The summed E-state index contributed by atoms with van der Waals surface area (Å²) in [5.74, 6) is -2.25. The maximum Gasteiger partial charge on any atom is 0.326 e. The highest BCUT2D eigenvalue weighted by Gasteiger charge is 2.20. The first kappa shape index (κ1) is 35.9. The second-order valence-electron chi connectivity index (χ2n) is 8.70. The Morgan fingerprint density at radius 3 is 2.05 bits per heavy atom. The predicted octanol–water partition coefficient (Wildman–Crippen LogP) is 0.510. The van der Waals surface area contributed by atoms with Crippen molar-refractivity contribution in [3.8, 4) is 0 Å². The van der Waals surface area contributed by atoms with E-state index >= 15 is 0 Å². The summed E-state index contributed by atoms with van der Waals surface area (Å²) >= 11 is 5.85. The van der Waals surface area contributed by atoms with Crippen molar-refractivity contribution in [2.24, 2.45) is 0 Å². The first-order valence-electron chi connectivity index (χ1n) is 13.4. The van der Waals surface area contributed by atoms with Crippen LogP contribution in [0.5, 0.6) is 0 Å². The molecule has 0 unspecified atom stereocenters. The van der Waals surface area contributed by atoms with Gasteiger partial charge in [0.25, 0.3) is 0 Å².